The molecule has 2 saturated heterocycles. The van der Waals surface area contributed by atoms with Gasteiger partial charge in [-0.3, -0.25) is 4.79 Å². The molecule has 0 spiro atoms. The summed E-state index contributed by atoms with van der Waals surface area (Å²) in [6, 6.07) is 16.4. The van der Waals surface area contributed by atoms with Crippen molar-refractivity contribution >= 4 is 17.2 Å². The molecule has 29 heavy (non-hydrogen) atoms. The van der Waals surface area contributed by atoms with Crippen molar-refractivity contribution in [1.82, 2.24) is 0 Å². The van der Waals surface area contributed by atoms with Gasteiger partial charge in [-0.1, -0.05) is 42.5 Å². The molecule has 0 saturated carbocycles. The van der Waals surface area contributed by atoms with Crippen LogP contribution in [0.3, 0.4) is 0 Å². The zero-order valence-corrected chi connectivity index (χ0v) is 16.1. The van der Waals surface area contributed by atoms with Crippen molar-refractivity contribution in [3.05, 3.63) is 70.9 Å². The minimum atomic E-state index is -0.887. The average molecular weight is 395 g/mol. The van der Waals surface area contributed by atoms with E-state index in [1.54, 1.807) is 38.1 Å². The standard InChI is InChI=1S/C22H21NO6/c1-22(2)28-20-19(26-12-13-8-4-3-5-9-13)18(27-21(20)29-22)16-17(24)14-10-6-7-11-15(14)23(16)25/h3-11,18-21H,12H2,1-2H3/t18-,19+,20-,21-/m1/s1. The number of rotatable bonds is 4. The maximum atomic E-state index is 13.0. The van der Waals surface area contributed by atoms with Gasteiger partial charge in [-0.15, -0.1) is 0 Å². The van der Waals surface area contributed by atoms with E-state index in [0.717, 1.165) is 5.56 Å². The zero-order chi connectivity index (χ0) is 20.2. The fourth-order valence-corrected chi connectivity index (χ4v) is 4.10. The van der Waals surface area contributed by atoms with Gasteiger partial charge in [-0.25, -0.2) is 0 Å². The number of ketones is 1. The van der Waals surface area contributed by atoms with E-state index in [-0.39, 0.29) is 11.5 Å². The number of hydrogen-bond donors (Lipinski definition) is 0. The number of para-hydroxylation sites is 1. The van der Waals surface area contributed by atoms with Crippen LogP contribution in [0.1, 0.15) is 29.8 Å². The van der Waals surface area contributed by atoms with E-state index in [0.29, 0.717) is 22.6 Å². The largest absolute Gasteiger partial charge is 0.618 e. The minimum Gasteiger partial charge on any atom is -0.618 e. The average Bonchev–Trinajstić information content (AvgIpc) is 3.27. The summed E-state index contributed by atoms with van der Waals surface area (Å²) < 4.78 is 24.6. The van der Waals surface area contributed by atoms with Gasteiger partial charge in [0.05, 0.1) is 6.61 Å². The quantitative estimate of drug-likeness (QED) is 0.585. The molecule has 0 bridgehead atoms. The van der Waals surface area contributed by atoms with E-state index in [4.69, 9.17) is 18.9 Å². The van der Waals surface area contributed by atoms with Crippen molar-refractivity contribution < 1.29 is 28.5 Å². The topological polar surface area (TPSA) is 80.1 Å². The molecule has 3 aliphatic heterocycles. The molecule has 3 heterocycles. The third-order valence-electron chi connectivity index (χ3n) is 5.36. The number of carbonyl (C=O) groups is 1. The lowest BCUT2D eigenvalue weighted by Gasteiger charge is -2.25. The van der Waals surface area contributed by atoms with Gasteiger partial charge in [0.2, 0.25) is 5.69 Å². The first-order chi connectivity index (χ1) is 13.9. The van der Waals surface area contributed by atoms with E-state index in [9.17, 15) is 10.0 Å². The number of carbonyl (C=O) groups excluding carboxylic acids is 1. The highest BCUT2D eigenvalue weighted by molar-refractivity contribution is 6.48. The number of ether oxygens (including phenoxy) is 4. The van der Waals surface area contributed by atoms with Gasteiger partial charge in [0.25, 0.3) is 11.5 Å². The van der Waals surface area contributed by atoms with Crippen molar-refractivity contribution in [3.63, 3.8) is 0 Å². The predicted molar refractivity (Wildman–Crippen MR) is 103 cm³/mol. The number of fused-ring (bicyclic) bond motifs is 2. The number of hydrogen-bond acceptors (Lipinski definition) is 6. The van der Waals surface area contributed by atoms with Crippen LogP contribution >= 0.6 is 0 Å². The molecule has 150 valence electrons. The van der Waals surface area contributed by atoms with Crippen molar-refractivity contribution in [1.29, 1.82) is 0 Å². The Bertz CT molecular complexity index is 986. The number of benzene rings is 2. The molecule has 7 nitrogen and oxygen atoms in total. The minimum absolute atomic E-state index is 0.00340. The molecule has 7 heteroatoms. The van der Waals surface area contributed by atoms with Crippen LogP contribution in [0.4, 0.5) is 5.69 Å². The Balaban J connectivity index is 1.47. The molecular formula is C22H21NO6. The molecule has 2 aromatic carbocycles. The summed E-state index contributed by atoms with van der Waals surface area (Å²) in [7, 11) is 0. The summed E-state index contributed by atoms with van der Waals surface area (Å²) in [5.74, 6) is -1.19. The molecule has 0 N–H and O–H groups in total. The van der Waals surface area contributed by atoms with E-state index >= 15 is 0 Å². The van der Waals surface area contributed by atoms with Crippen LogP contribution in [-0.2, 0) is 25.6 Å². The fourth-order valence-electron chi connectivity index (χ4n) is 4.10. The SMILES string of the molecule is CC1(C)O[C@H]2O[C@H](C3=[N+]([O-])c4ccccc4C3=O)[C@H](OCc3ccccc3)[C@H]2O1. The Kier molecular flexibility index (Phi) is 4.29. The monoisotopic (exact) mass is 395 g/mol. The summed E-state index contributed by atoms with van der Waals surface area (Å²) >= 11 is 0. The van der Waals surface area contributed by atoms with Crippen LogP contribution in [0.2, 0.25) is 0 Å². The normalized spacial score (nSPS) is 29.9. The maximum Gasteiger partial charge on any atom is 0.273 e. The van der Waals surface area contributed by atoms with Crippen molar-refractivity contribution in [2.75, 3.05) is 0 Å². The van der Waals surface area contributed by atoms with Crippen LogP contribution in [0.25, 0.3) is 0 Å². The molecule has 2 fully saturated rings. The first-order valence-electron chi connectivity index (χ1n) is 9.59. The smallest absolute Gasteiger partial charge is 0.273 e. The van der Waals surface area contributed by atoms with Gasteiger partial charge in [0.1, 0.15) is 17.8 Å². The van der Waals surface area contributed by atoms with Crippen LogP contribution in [-0.4, -0.2) is 46.6 Å². The summed E-state index contributed by atoms with van der Waals surface area (Å²) in [5, 5.41) is 12.9. The molecule has 2 aromatic rings. The highest BCUT2D eigenvalue weighted by Crippen LogP contribution is 2.41. The highest BCUT2D eigenvalue weighted by Gasteiger charge is 2.60. The molecule has 3 aliphatic rings. The summed E-state index contributed by atoms with van der Waals surface area (Å²) in [5.41, 5.74) is 1.65. The van der Waals surface area contributed by atoms with Crippen molar-refractivity contribution in [2.45, 2.75) is 50.8 Å². The second-order valence-electron chi connectivity index (χ2n) is 7.81. The van der Waals surface area contributed by atoms with E-state index < -0.39 is 30.4 Å². The maximum absolute atomic E-state index is 13.0. The molecule has 0 aliphatic carbocycles. The van der Waals surface area contributed by atoms with Gasteiger partial charge >= 0.3 is 0 Å². The molecule has 0 radical (unpaired) electrons. The van der Waals surface area contributed by atoms with Gasteiger partial charge < -0.3 is 24.2 Å². The third-order valence-corrected chi connectivity index (χ3v) is 5.36. The summed E-state index contributed by atoms with van der Waals surface area (Å²) in [6.45, 7) is 3.88. The zero-order valence-electron chi connectivity index (χ0n) is 16.1. The highest BCUT2D eigenvalue weighted by atomic mass is 16.8. The lowest BCUT2D eigenvalue weighted by atomic mass is 10.0. The van der Waals surface area contributed by atoms with Gasteiger partial charge in [-0.05, 0) is 25.5 Å². The van der Waals surface area contributed by atoms with E-state index in [1.807, 2.05) is 30.3 Å². The van der Waals surface area contributed by atoms with E-state index in [2.05, 4.69) is 0 Å². The van der Waals surface area contributed by atoms with Crippen LogP contribution in [0, 0.1) is 5.21 Å². The summed E-state index contributed by atoms with van der Waals surface area (Å²) in [4.78, 5) is 13.0. The Morgan fingerprint density at radius 3 is 2.55 bits per heavy atom. The lowest BCUT2D eigenvalue weighted by Crippen LogP contribution is -2.44. The molecule has 0 unspecified atom stereocenters. The Morgan fingerprint density at radius 2 is 1.79 bits per heavy atom. The van der Waals surface area contributed by atoms with Crippen molar-refractivity contribution in [2.24, 2.45) is 0 Å². The van der Waals surface area contributed by atoms with Crippen LogP contribution in [0.5, 0.6) is 0 Å². The van der Waals surface area contributed by atoms with Gasteiger partial charge in [0.15, 0.2) is 18.2 Å². The predicted octanol–water partition coefficient (Wildman–Crippen LogP) is 2.93. The third kappa shape index (κ3) is 3.07. The van der Waals surface area contributed by atoms with Crippen LogP contribution < -0.4 is 0 Å². The first-order valence-corrected chi connectivity index (χ1v) is 9.59. The van der Waals surface area contributed by atoms with Gasteiger partial charge in [0, 0.05) is 6.07 Å². The second-order valence-corrected chi connectivity index (χ2v) is 7.81. The Labute approximate surface area is 168 Å². The van der Waals surface area contributed by atoms with Crippen molar-refractivity contribution in [3.8, 4) is 0 Å². The first kappa shape index (κ1) is 18.4. The molecule has 0 amide bonds. The van der Waals surface area contributed by atoms with Crippen LogP contribution in [0.15, 0.2) is 54.6 Å². The lowest BCUT2D eigenvalue weighted by molar-refractivity contribution is -0.362. The Morgan fingerprint density at radius 1 is 1.07 bits per heavy atom. The molecule has 5 rings (SSSR count). The number of Topliss-reactive ketones (excluding diaryl/α,β-unsaturated/α-hetero) is 1. The molecule has 0 aromatic heterocycles. The number of nitrogens with zero attached hydrogens (tertiary/aromatic N) is 1. The second kappa shape index (κ2) is 6.74. The van der Waals surface area contributed by atoms with E-state index in [1.165, 1.54) is 0 Å². The molecular weight excluding hydrogens is 374 g/mol. The molecule has 4 atom stereocenters. The summed E-state index contributed by atoms with van der Waals surface area (Å²) in [6.07, 6.45) is -2.81. The Hall–Kier alpha value is -2.58. The van der Waals surface area contributed by atoms with Gasteiger partial charge in [-0.2, -0.15) is 4.74 Å². The fraction of sp³-hybridized carbons (Fsp3) is 0.364.